The predicted molar refractivity (Wildman–Crippen MR) is 131 cm³/mol. The van der Waals surface area contributed by atoms with Gasteiger partial charge in [-0.25, -0.2) is 0 Å². The van der Waals surface area contributed by atoms with E-state index in [1.165, 1.54) is 17.5 Å². The second kappa shape index (κ2) is 8.87. The molecule has 0 bridgehead atoms. The number of pyridine rings is 1. The van der Waals surface area contributed by atoms with Crippen molar-refractivity contribution in [3.05, 3.63) is 93.0 Å². The van der Waals surface area contributed by atoms with Crippen molar-refractivity contribution >= 4 is 10.9 Å². The topological polar surface area (TPSA) is 52.3 Å². The third-order valence-corrected chi connectivity index (χ3v) is 6.53. The molecule has 0 N–H and O–H groups in total. The van der Waals surface area contributed by atoms with Gasteiger partial charge in [0.15, 0.2) is 0 Å². The Balaban J connectivity index is 1.53. The Hall–Kier alpha value is -3.38. The summed E-state index contributed by atoms with van der Waals surface area (Å²) in [5.74, 6) is 0.819. The number of fused-ring (bicyclic) bond motifs is 2. The Morgan fingerprint density at radius 3 is 2.48 bits per heavy atom. The van der Waals surface area contributed by atoms with E-state index in [9.17, 15) is 4.79 Å². The van der Waals surface area contributed by atoms with Crippen molar-refractivity contribution in [1.29, 1.82) is 0 Å². The highest BCUT2D eigenvalue weighted by molar-refractivity contribution is 5.82. The lowest BCUT2D eigenvalue weighted by molar-refractivity contribution is 0.317. The van der Waals surface area contributed by atoms with Gasteiger partial charge < -0.3 is 9.30 Å². The van der Waals surface area contributed by atoms with Gasteiger partial charge >= 0.3 is 0 Å². The molecule has 2 aromatic carbocycles. The van der Waals surface area contributed by atoms with Crippen LogP contribution < -0.4 is 10.3 Å². The highest BCUT2D eigenvalue weighted by Crippen LogP contribution is 2.28. The fourth-order valence-electron chi connectivity index (χ4n) is 4.91. The van der Waals surface area contributed by atoms with E-state index in [1.54, 1.807) is 7.11 Å². The minimum atomic E-state index is 0.0781. The van der Waals surface area contributed by atoms with E-state index in [2.05, 4.69) is 28.2 Å². The summed E-state index contributed by atoms with van der Waals surface area (Å²) in [5.41, 5.74) is 6.95. The summed E-state index contributed by atoms with van der Waals surface area (Å²) >= 11 is 0. The Kier molecular flexibility index (Phi) is 5.77. The highest BCUT2D eigenvalue weighted by Gasteiger charge is 2.17. The van der Waals surface area contributed by atoms with Crippen molar-refractivity contribution in [2.45, 2.75) is 38.9 Å². The van der Waals surface area contributed by atoms with Gasteiger partial charge in [0, 0.05) is 37.5 Å². The van der Waals surface area contributed by atoms with Gasteiger partial charge in [-0.2, -0.15) is 5.10 Å². The zero-order valence-electron chi connectivity index (χ0n) is 19.5. The lowest BCUT2D eigenvalue weighted by atomic mass is 10.0. The van der Waals surface area contributed by atoms with Crippen molar-refractivity contribution in [3.63, 3.8) is 0 Å². The van der Waals surface area contributed by atoms with Gasteiger partial charge in [0.1, 0.15) is 5.75 Å². The number of ether oxygens (including phenoxy) is 1. The monoisotopic (exact) mass is 442 g/mol. The molecule has 0 saturated carbocycles. The molecule has 0 atom stereocenters. The van der Waals surface area contributed by atoms with Crippen LogP contribution in [0.15, 0.2) is 59.7 Å². The number of methoxy groups -OCH3 is 1. The van der Waals surface area contributed by atoms with E-state index in [4.69, 9.17) is 4.74 Å². The number of hydrogen-bond acceptors (Lipinski definition) is 4. The van der Waals surface area contributed by atoms with Crippen molar-refractivity contribution in [1.82, 2.24) is 19.2 Å². The Morgan fingerprint density at radius 1 is 1.03 bits per heavy atom. The molecular formula is C27H30N4O2. The van der Waals surface area contributed by atoms with Gasteiger partial charge in [-0.3, -0.25) is 14.4 Å². The van der Waals surface area contributed by atoms with Crippen LogP contribution in [-0.2, 0) is 39.5 Å². The zero-order valence-corrected chi connectivity index (χ0v) is 19.5. The van der Waals surface area contributed by atoms with Crippen LogP contribution in [0.4, 0.5) is 0 Å². The molecule has 5 rings (SSSR count). The van der Waals surface area contributed by atoms with E-state index in [0.717, 1.165) is 52.7 Å². The number of rotatable bonds is 7. The first kappa shape index (κ1) is 21.5. The Labute approximate surface area is 194 Å². The summed E-state index contributed by atoms with van der Waals surface area (Å²) in [7, 11) is 5.63. The molecule has 4 aromatic rings. The second-order valence-corrected chi connectivity index (χ2v) is 9.14. The average Bonchev–Trinajstić information content (AvgIpc) is 3.43. The first-order valence-electron chi connectivity index (χ1n) is 11.5. The molecule has 0 unspecified atom stereocenters. The molecule has 6 heteroatoms. The minimum Gasteiger partial charge on any atom is -0.497 e. The molecule has 6 nitrogen and oxygen atoms in total. The first-order valence-corrected chi connectivity index (χ1v) is 11.5. The van der Waals surface area contributed by atoms with Crippen LogP contribution >= 0.6 is 0 Å². The summed E-state index contributed by atoms with van der Waals surface area (Å²) < 4.78 is 9.05. The van der Waals surface area contributed by atoms with Crippen molar-refractivity contribution in [2.75, 3.05) is 14.2 Å². The van der Waals surface area contributed by atoms with Crippen LogP contribution in [0.5, 0.6) is 5.75 Å². The van der Waals surface area contributed by atoms with Gasteiger partial charge in [-0.15, -0.1) is 0 Å². The largest absolute Gasteiger partial charge is 0.497 e. The van der Waals surface area contributed by atoms with Crippen molar-refractivity contribution in [2.24, 2.45) is 7.05 Å². The van der Waals surface area contributed by atoms with Gasteiger partial charge in [0.2, 0.25) is 0 Å². The molecule has 1 aliphatic carbocycles. The van der Waals surface area contributed by atoms with E-state index in [-0.39, 0.29) is 5.56 Å². The third kappa shape index (κ3) is 4.44. The molecule has 2 aromatic heterocycles. The molecular weight excluding hydrogens is 412 g/mol. The highest BCUT2D eigenvalue weighted by atomic mass is 16.5. The summed E-state index contributed by atoms with van der Waals surface area (Å²) in [6.45, 7) is 1.87. The van der Waals surface area contributed by atoms with Crippen LogP contribution in [0.1, 0.15) is 34.2 Å². The number of nitrogens with zero attached hydrogens (tertiary/aromatic N) is 4. The van der Waals surface area contributed by atoms with Gasteiger partial charge in [-0.05, 0) is 78.7 Å². The number of aryl methyl sites for hydroxylation is 3. The van der Waals surface area contributed by atoms with E-state index >= 15 is 0 Å². The number of benzene rings is 2. The lowest BCUT2D eigenvalue weighted by Crippen LogP contribution is -2.29. The lowest BCUT2D eigenvalue weighted by Gasteiger charge is -2.19. The van der Waals surface area contributed by atoms with E-state index < -0.39 is 0 Å². The van der Waals surface area contributed by atoms with Crippen molar-refractivity contribution in [3.8, 4) is 5.75 Å². The Bertz CT molecular complexity index is 1350. The maximum absolute atomic E-state index is 13.7. The molecule has 0 spiro atoms. The standard InChI is InChI=1S/C27H30N4O2/c1-29(15-20-14-28-30(2)16-20)18-24-12-23-11-21-5-4-6-22(21)13-26(23)31(27(24)32)17-19-7-9-25(33-3)10-8-19/h7-14,16H,4-6,15,17-18H2,1-3H3. The zero-order chi connectivity index (χ0) is 22.9. The fraction of sp³-hybridized carbons (Fsp3) is 0.333. The normalized spacial score (nSPS) is 13.1. The van der Waals surface area contributed by atoms with Gasteiger partial charge in [-0.1, -0.05) is 12.1 Å². The van der Waals surface area contributed by atoms with Crippen LogP contribution in [0.2, 0.25) is 0 Å². The molecule has 0 amide bonds. The molecule has 33 heavy (non-hydrogen) atoms. The molecule has 0 saturated heterocycles. The summed E-state index contributed by atoms with van der Waals surface area (Å²) in [6, 6.07) is 14.6. The minimum absolute atomic E-state index is 0.0781. The fourth-order valence-corrected chi connectivity index (χ4v) is 4.91. The summed E-state index contributed by atoms with van der Waals surface area (Å²) in [5, 5.41) is 5.40. The van der Waals surface area contributed by atoms with Crippen LogP contribution in [-0.4, -0.2) is 33.4 Å². The van der Waals surface area contributed by atoms with Crippen LogP contribution in [0.25, 0.3) is 10.9 Å². The maximum atomic E-state index is 13.7. The molecule has 1 aliphatic rings. The molecule has 0 radical (unpaired) electrons. The smallest absolute Gasteiger partial charge is 0.255 e. The number of aromatic nitrogens is 3. The SMILES string of the molecule is COc1ccc(Cn2c(=O)c(CN(C)Cc3cnn(C)c3)cc3cc4c(cc32)CCC4)cc1. The predicted octanol–water partition coefficient (Wildman–Crippen LogP) is 3.91. The van der Waals surface area contributed by atoms with Crippen LogP contribution in [0.3, 0.4) is 0 Å². The van der Waals surface area contributed by atoms with Crippen LogP contribution in [0, 0.1) is 0 Å². The van der Waals surface area contributed by atoms with Crippen molar-refractivity contribution < 1.29 is 4.74 Å². The van der Waals surface area contributed by atoms with E-state index in [0.29, 0.717) is 13.1 Å². The molecule has 0 fully saturated rings. The summed E-state index contributed by atoms with van der Waals surface area (Å²) in [4.78, 5) is 15.9. The maximum Gasteiger partial charge on any atom is 0.255 e. The molecule has 2 heterocycles. The molecule has 0 aliphatic heterocycles. The number of hydrogen-bond donors (Lipinski definition) is 0. The van der Waals surface area contributed by atoms with Gasteiger partial charge in [0.25, 0.3) is 5.56 Å². The first-order chi connectivity index (χ1) is 16.0. The molecule has 170 valence electrons. The third-order valence-electron chi connectivity index (χ3n) is 6.53. The average molecular weight is 443 g/mol. The second-order valence-electron chi connectivity index (χ2n) is 9.14. The summed E-state index contributed by atoms with van der Waals surface area (Å²) in [6.07, 6.45) is 7.30. The van der Waals surface area contributed by atoms with E-state index in [1.807, 2.05) is 60.0 Å². The Morgan fingerprint density at radius 2 is 1.79 bits per heavy atom. The quantitative estimate of drug-likeness (QED) is 0.435. The van der Waals surface area contributed by atoms with Gasteiger partial charge in [0.05, 0.1) is 25.4 Å².